The summed E-state index contributed by atoms with van der Waals surface area (Å²) in [6.07, 6.45) is 7.33. The third kappa shape index (κ3) is 2.16. The maximum Gasteiger partial charge on any atom is 0.297 e. The van der Waals surface area contributed by atoms with Crippen molar-refractivity contribution in [2.45, 2.75) is 44.1 Å². The van der Waals surface area contributed by atoms with Gasteiger partial charge in [-0.3, -0.25) is 4.57 Å². The minimum Gasteiger partial charge on any atom is -0.330 e. The molecule has 5 rings (SSSR count). The molecular formula is C16H22NO2P. The second kappa shape index (κ2) is 4.43. The van der Waals surface area contributed by atoms with Crippen LogP contribution in [0.4, 0.5) is 0 Å². The van der Waals surface area contributed by atoms with Crippen LogP contribution in [0.1, 0.15) is 38.5 Å². The van der Waals surface area contributed by atoms with Gasteiger partial charge in [0.2, 0.25) is 0 Å². The van der Waals surface area contributed by atoms with Crippen LogP contribution in [-0.2, 0) is 4.57 Å². The smallest absolute Gasteiger partial charge is 0.297 e. The first-order chi connectivity index (χ1) is 9.55. The SMILES string of the molecule is O=P(O)(NC12CC3CC(CC(C3)C1)C2)c1ccccc1. The molecule has 4 bridgehead atoms. The Bertz CT molecular complexity index is 522. The summed E-state index contributed by atoms with van der Waals surface area (Å²) in [5.74, 6) is 2.35. The first kappa shape index (κ1) is 13.1. The van der Waals surface area contributed by atoms with Crippen molar-refractivity contribution in [1.82, 2.24) is 5.09 Å². The van der Waals surface area contributed by atoms with Crippen molar-refractivity contribution in [3.63, 3.8) is 0 Å². The van der Waals surface area contributed by atoms with E-state index in [-0.39, 0.29) is 5.54 Å². The number of hydrogen-bond acceptors (Lipinski definition) is 1. The molecule has 0 saturated heterocycles. The monoisotopic (exact) mass is 291 g/mol. The van der Waals surface area contributed by atoms with E-state index in [1.807, 2.05) is 18.2 Å². The normalized spacial score (nSPS) is 41.5. The molecule has 4 aliphatic rings. The van der Waals surface area contributed by atoms with Gasteiger partial charge in [0.05, 0.1) is 5.30 Å². The minimum atomic E-state index is -3.44. The lowest BCUT2D eigenvalue weighted by molar-refractivity contribution is -0.00937. The van der Waals surface area contributed by atoms with Gasteiger partial charge in [0.1, 0.15) is 0 Å². The van der Waals surface area contributed by atoms with Gasteiger partial charge in [-0.1, -0.05) is 18.2 Å². The summed E-state index contributed by atoms with van der Waals surface area (Å²) >= 11 is 0. The maximum atomic E-state index is 12.7. The standard InChI is InChI=1S/C16H22NO2P/c18-20(19,15-4-2-1-3-5-15)17-16-9-12-6-13(10-16)8-14(7-12)11-16/h1-5,12-14H,6-11H2,(H2,17,18,19). The van der Waals surface area contributed by atoms with Gasteiger partial charge >= 0.3 is 0 Å². The maximum absolute atomic E-state index is 12.7. The third-order valence-corrected chi connectivity index (χ3v) is 7.31. The Balaban J connectivity index is 1.61. The number of benzene rings is 1. The van der Waals surface area contributed by atoms with Crippen LogP contribution in [0.15, 0.2) is 30.3 Å². The summed E-state index contributed by atoms with van der Waals surface area (Å²) in [4.78, 5) is 10.5. The van der Waals surface area contributed by atoms with Crippen molar-refractivity contribution in [3.05, 3.63) is 30.3 Å². The Morgan fingerprint density at radius 1 is 1.00 bits per heavy atom. The highest BCUT2D eigenvalue weighted by atomic mass is 31.2. The molecule has 4 saturated carbocycles. The van der Waals surface area contributed by atoms with Gasteiger partial charge in [-0.25, -0.2) is 5.09 Å². The van der Waals surface area contributed by atoms with Gasteiger partial charge in [-0.2, -0.15) is 0 Å². The van der Waals surface area contributed by atoms with E-state index in [1.165, 1.54) is 19.3 Å². The second-order valence-corrected chi connectivity index (χ2v) is 9.11. The molecule has 0 aromatic heterocycles. The zero-order chi connectivity index (χ0) is 13.8. The number of hydrogen-bond donors (Lipinski definition) is 2. The highest BCUT2D eigenvalue weighted by molar-refractivity contribution is 7.64. The van der Waals surface area contributed by atoms with E-state index >= 15 is 0 Å². The molecule has 0 spiro atoms. The molecule has 0 amide bonds. The van der Waals surface area contributed by atoms with E-state index in [9.17, 15) is 9.46 Å². The number of nitrogens with one attached hydrogen (secondary N) is 1. The molecule has 4 fully saturated rings. The first-order valence-corrected chi connectivity index (χ1v) is 9.38. The molecule has 0 aliphatic heterocycles. The molecule has 20 heavy (non-hydrogen) atoms. The zero-order valence-electron chi connectivity index (χ0n) is 11.7. The average Bonchev–Trinajstić information content (AvgIpc) is 2.36. The van der Waals surface area contributed by atoms with Crippen molar-refractivity contribution in [2.24, 2.45) is 17.8 Å². The Morgan fingerprint density at radius 2 is 1.50 bits per heavy atom. The van der Waals surface area contributed by atoms with Crippen LogP contribution < -0.4 is 10.4 Å². The van der Waals surface area contributed by atoms with Crippen LogP contribution in [0.2, 0.25) is 0 Å². The fourth-order valence-corrected chi connectivity index (χ4v) is 6.89. The largest absolute Gasteiger partial charge is 0.330 e. The summed E-state index contributed by atoms with van der Waals surface area (Å²) in [6.45, 7) is 0. The Hall–Kier alpha value is -0.630. The lowest BCUT2D eigenvalue weighted by Crippen LogP contribution is -2.57. The van der Waals surface area contributed by atoms with Crippen molar-refractivity contribution < 1.29 is 9.46 Å². The molecule has 0 heterocycles. The van der Waals surface area contributed by atoms with Crippen LogP contribution in [-0.4, -0.2) is 10.4 Å². The summed E-state index contributed by atoms with van der Waals surface area (Å²) in [5, 5.41) is 3.77. The van der Waals surface area contributed by atoms with Gasteiger partial charge in [-0.15, -0.1) is 0 Å². The van der Waals surface area contributed by atoms with E-state index in [4.69, 9.17) is 0 Å². The molecular weight excluding hydrogens is 269 g/mol. The lowest BCUT2D eigenvalue weighted by Gasteiger charge is -2.57. The zero-order valence-corrected chi connectivity index (χ0v) is 12.6. The van der Waals surface area contributed by atoms with Crippen LogP contribution in [0, 0.1) is 17.8 Å². The summed E-state index contributed by atoms with van der Waals surface area (Å²) < 4.78 is 12.7. The molecule has 3 nitrogen and oxygen atoms in total. The Labute approximate surface area is 120 Å². The quantitative estimate of drug-likeness (QED) is 0.842. The van der Waals surface area contributed by atoms with E-state index in [0.29, 0.717) is 5.30 Å². The molecule has 1 atom stereocenters. The third-order valence-electron chi connectivity index (χ3n) is 5.53. The second-order valence-electron chi connectivity index (χ2n) is 7.22. The van der Waals surface area contributed by atoms with E-state index in [1.54, 1.807) is 12.1 Å². The fourth-order valence-electron chi connectivity index (χ4n) is 5.26. The van der Waals surface area contributed by atoms with Crippen molar-refractivity contribution in [3.8, 4) is 0 Å². The van der Waals surface area contributed by atoms with Crippen LogP contribution in [0.5, 0.6) is 0 Å². The van der Waals surface area contributed by atoms with Gasteiger partial charge in [-0.05, 0) is 68.4 Å². The summed E-state index contributed by atoms with van der Waals surface area (Å²) in [5.41, 5.74) is -0.0745. The lowest BCUT2D eigenvalue weighted by atomic mass is 9.53. The molecule has 0 radical (unpaired) electrons. The van der Waals surface area contributed by atoms with Crippen molar-refractivity contribution in [2.75, 3.05) is 0 Å². The summed E-state index contributed by atoms with van der Waals surface area (Å²) in [6, 6.07) is 9.07. The molecule has 1 aromatic rings. The molecule has 1 unspecified atom stereocenters. The van der Waals surface area contributed by atoms with E-state index in [0.717, 1.165) is 37.0 Å². The minimum absolute atomic E-state index is 0.0745. The van der Waals surface area contributed by atoms with Gasteiger partial charge in [0.15, 0.2) is 0 Å². The van der Waals surface area contributed by atoms with Crippen LogP contribution in [0.3, 0.4) is 0 Å². The highest BCUT2D eigenvalue weighted by Crippen LogP contribution is 2.58. The average molecular weight is 291 g/mol. The Morgan fingerprint density at radius 3 is 2.00 bits per heavy atom. The fraction of sp³-hybridized carbons (Fsp3) is 0.625. The molecule has 4 aliphatic carbocycles. The molecule has 1 aromatic carbocycles. The molecule has 4 heteroatoms. The summed E-state index contributed by atoms with van der Waals surface area (Å²) in [7, 11) is -3.44. The van der Waals surface area contributed by atoms with Gasteiger partial charge < -0.3 is 4.89 Å². The Kier molecular flexibility index (Phi) is 2.89. The number of rotatable bonds is 3. The predicted octanol–water partition coefficient (Wildman–Crippen LogP) is 3.06. The van der Waals surface area contributed by atoms with Crippen LogP contribution in [0.25, 0.3) is 0 Å². The predicted molar refractivity (Wildman–Crippen MR) is 79.9 cm³/mol. The van der Waals surface area contributed by atoms with E-state index < -0.39 is 7.52 Å². The topological polar surface area (TPSA) is 49.3 Å². The first-order valence-electron chi connectivity index (χ1n) is 7.73. The van der Waals surface area contributed by atoms with Gasteiger partial charge in [0, 0.05) is 5.54 Å². The van der Waals surface area contributed by atoms with Gasteiger partial charge in [0.25, 0.3) is 7.52 Å². The highest BCUT2D eigenvalue weighted by Gasteiger charge is 2.52. The van der Waals surface area contributed by atoms with Crippen molar-refractivity contribution >= 4 is 12.8 Å². The molecule has 2 N–H and O–H groups in total. The van der Waals surface area contributed by atoms with Crippen molar-refractivity contribution in [1.29, 1.82) is 0 Å². The molecule has 108 valence electrons. The van der Waals surface area contributed by atoms with Crippen LogP contribution >= 0.6 is 7.52 Å². The van der Waals surface area contributed by atoms with E-state index in [2.05, 4.69) is 5.09 Å².